The molecule has 21 heavy (non-hydrogen) atoms. The first-order valence-corrected chi connectivity index (χ1v) is 8.65. The van der Waals surface area contributed by atoms with E-state index in [1.165, 1.54) is 5.56 Å². The number of hydrogen-bond acceptors (Lipinski definition) is 2. The van der Waals surface area contributed by atoms with E-state index < -0.39 is 0 Å². The number of nitrogens with one attached hydrogen (secondary N) is 1. The highest BCUT2D eigenvalue weighted by molar-refractivity contribution is 9.10. The van der Waals surface area contributed by atoms with Crippen molar-refractivity contribution < 1.29 is 4.74 Å². The largest absolute Gasteiger partial charge is 0.457 e. The Labute approximate surface area is 143 Å². The topological polar surface area (TPSA) is 21.3 Å². The van der Waals surface area contributed by atoms with Crippen LogP contribution in [-0.4, -0.2) is 6.54 Å². The number of benzene rings is 2. The summed E-state index contributed by atoms with van der Waals surface area (Å²) in [6.45, 7) is 5.36. The fraction of sp³-hybridized carbons (Fsp3) is 0.294. The van der Waals surface area contributed by atoms with E-state index in [4.69, 9.17) is 4.74 Å². The Balaban J connectivity index is 2.09. The minimum atomic E-state index is 0.320. The maximum Gasteiger partial charge on any atom is 0.128 e. The average Bonchev–Trinajstić information content (AvgIpc) is 2.47. The molecular weight excluding hydrogens is 394 g/mol. The first-order chi connectivity index (χ1) is 10.1. The molecule has 0 saturated carbocycles. The van der Waals surface area contributed by atoms with Crippen molar-refractivity contribution in [2.75, 3.05) is 6.54 Å². The molecule has 0 saturated heterocycles. The van der Waals surface area contributed by atoms with Gasteiger partial charge in [-0.15, -0.1) is 0 Å². The summed E-state index contributed by atoms with van der Waals surface area (Å²) in [5.74, 6) is 1.66. The minimum Gasteiger partial charge on any atom is -0.457 e. The molecule has 2 aromatic rings. The van der Waals surface area contributed by atoms with E-state index in [0.717, 1.165) is 33.4 Å². The summed E-state index contributed by atoms with van der Waals surface area (Å²) in [5, 5.41) is 3.49. The number of rotatable bonds is 6. The average molecular weight is 413 g/mol. The Morgan fingerprint density at radius 2 is 1.71 bits per heavy atom. The van der Waals surface area contributed by atoms with Crippen LogP contribution in [0.5, 0.6) is 11.5 Å². The molecule has 4 heteroatoms. The van der Waals surface area contributed by atoms with Crippen LogP contribution < -0.4 is 10.1 Å². The fourth-order valence-corrected chi connectivity index (χ4v) is 3.00. The minimum absolute atomic E-state index is 0.320. The third-order valence-corrected chi connectivity index (χ3v) is 4.40. The highest BCUT2D eigenvalue weighted by Gasteiger charge is 2.09. The van der Waals surface area contributed by atoms with Crippen LogP contribution in [0.2, 0.25) is 0 Å². The predicted molar refractivity (Wildman–Crippen MR) is 95.1 cm³/mol. The van der Waals surface area contributed by atoms with Crippen molar-refractivity contribution in [1.82, 2.24) is 5.32 Å². The van der Waals surface area contributed by atoms with Crippen molar-refractivity contribution in [1.29, 1.82) is 0 Å². The van der Waals surface area contributed by atoms with Crippen LogP contribution in [0.1, 0.15) is 31.9 Å². The van der Waals surface area contributed by atoms with Crippen LogP contribution in [0, 0.1) is 0 Å². The SMILES string of the molecule is CCCNC(C)c1ccc(Oc2ccc(Br)cc2)cc1Br. The maximum atomic E-state index is 5.86. The first-order valence-electron chi connectivity index (χ1n) is 7.06. The second-order valence-electron chi connectivity index (χ2n) is 4.92. The quantitative estimate of drug-likeness (QED) is 0.622. The molecule has 112 valence electrons. The Morgan fingerprint density at radius 3 is 2.33 bits per heavy atom. The zero-order chi connectivity index (χ0) is 15.2. The van der Waals surface area contributed by atoms with Gasteiger partial charge in [0.2, 0.25) is 0 Å². The van der Waals surface area contributed by atoms with Crippen LogP contribution in [0.15, 0.2) is 51.4 Å². The van der Waals surface area contributed by atoms with Crippen molar-refractivity contribution >= 4 is 31.9 Å². The second-order valence-corrected chi connectivity index (χ2v) is 6.69. The molecule has 0 fully saturated rings. The molecule has 1 unspecified atom stereocenters. The summed E-state index contributed by atoms with van der Waals surface area (Å²) < 4.78 is 7.97. The molecule has 0 heterocycles. The normalized spacial score (nSPS) is 12.2. The molecule has 0 aliphatic heterocycles. The molecule has 0 bridgehead atoms. The predicted octanol–water partition coefficient (Wildman–Crippen LogP) is 6.06. The summed E-state index contributed by atoms with van der Waals surface area (Å²) in [6, 6.07) is 14.3. The Morgan fingerprint density at radius 1 is 1.05 bits per heavy atom. The van der Waals surface area contributed by atoms with E-state index in [0.29, 0.717) is 6.04 Å². The van der Waals surface area contributed by atoms with Crippen LogP contribution in [-0.2, 0) is 0 Å². The number of hydrogen-bond donors (Lipinski definition) is 1. The summed E-state index contributed by atoms with van der Waals surface area (Å²) in [6.07, 6.45) is 1.13. The van der Waals surface area contributed by atoms with Crippen LogP contribution >= 0.6 is 31.9 Å². The molecule has 2 nitrogen and oxygen atoms in total. The van der Waals surface area contributed by atoms with Gasteiger partial charge in [0.15, 0.2) is 0 Å². The molecule has 0 amide bonds. The molecule has 1 N–H and O–H groups in total. The second kappa shape index (κ2) is 7.97. The summed E-state index contributed by atoms with van der Waals surface area (Å²) in [7, 11) is 0. The summed E-state index contributed by atoms with van der Waals surface area (Å²) in [5.41, 5.74) is 1.24. The molecule has 0 aliphatic carbocycles. The van der Waals surface area contributed by atoms with Gasteiger partial charge in [0, 0.05) is 15.0 Å². The Bertz CT molecular complexity index is 584. The Hall–Kier alpha value is -0.840. The van der Waals surface area contributed by atoms with E-state index >= 15 is 0 Å². The molecule has 1 atom stereocenters. The lowest BCUT2D eigenvalue weighted by Gasteiger charge is -2.16. The molecule has 2 aromatic carbocycles. The zero-order valence-corrected chi connectivity index (χ0v) is 15.4. The zero-order valence-electron chi connectivity index (χ0n) is 12.2. The monoisotopic (exact) mass is 411 g/mol. The molecule has 2 rings (SSSR count). The number of ether oxygens (including phenoxy) is 1. The van der Waals surface area contributed by atoms with Crippen LogP contribution in [0.3, 0.4) is 0 Å². The lowest BCUT2D eigenvalue weighted by Crippen LogP contribution is -2.19. The van der Waals surface area contributed by atoms with Crippen LogP contribution in [0.4, 0.5) is 0 Å². The molecule has 0 aliphatic rings. The molecule has 0 radical (unpaired) electrons. The van der Waals surface area contributed by atoms with Gasteiger partial charge in [0.1, 0.15) is 11.5 Å². The standard InChI is InChI=1S/C17H19Br2NO/c1-3-10-20-12(2)16-9-8-15(11-17(16)19)21-14-6-4-13(18)5-7-14/h4-9,11-12,20H,3,10H2,1-2H3. The van der Waals surface area contributed by atoms with Gasteiger partial charge in [0.25, 0.3) is 0 Å². The maximum absolute atomic E-state index is 5.86. The van der Waals surface area contributed by atoms with E-state index in [2.05, 4.69) is 57.1 Å². The molecular formula is C17H19Br2NO. The van der Waals surface area contributed by atoms with Gasteiger partial charge in [-0.25, -0.2) is 0 Å². The van der Waals surface area contributed by atoms with Crippen molar-refractivity contribution in [3.63, 3.8) is 0 Å². The lowest BCUT2D eigenvalue weighted by molar-refractivity contribution is 0.481. The van der Waals surface area contributed by atoms with Gasteiger partial charge < -0.3 is 10.1 Å². The van der Waals surface area contributed by atoms with Gasteiger partial charge in [-0.2, -0.15) is 0 Å². The van der Waals surface area contributed by atoms with E-state index in [1.54, 1.807) is 0 Å². The molecule has 0 spiro atoms. The summed E-state index contributed by atoms with van der Waals surface area (Å²) in [4.78, 5) is 0. The van der Waals surface area contributed by atoms with Gasteiger partial charge in [-0.05, 0) is 61.9 Å². The third-order valence-electron chi connectivity index (χ3n) is 3.19. The highest BCUT2D eigenvalue weighted by Crippen LogP contribution is 2.30. The van der Waals surface area contributed by atoms with Gasteiger partial charge in [0.05, 0.1) is 0 Å². The highest BCUT2D eigenvalue weighted by atomic mass is 79.9. The number of halogens is 2. The fourth-order valence-electron chi connectivity index (χ4n) is 2.03. The summed E-state index contributed by atoms with van der Waals surface area (Å²) >= 11 is 7.06. The molecule has 0 aromatic heterocycles. The lowest BCUT2D eigenvalue weighted by atomic mass is 10.1. The van der Waals surface area contributed by atoms with Crippen molar-refractivity contribution in [3.05, 3.63) is 57.0 Å². The third kappa shape index (κ3) is 4.83. The van der Waals surface area contributed by atoms with Crippen molar-refractivity contribution in [2.45, 2.75) is 26.3 Å². The van der Waals surface area contributed by atoms with Crippen molar-refractivity contribution in [2.24, 2.45) is 0 Å². The van der Waals surface area contributed by atoms with Crippen LogP contribution in [0.25, 0.3) is 0 Å². The van der Waals surface area contributed by atoms with E-state index in [1.807, 2.05) is 36.4 Å². The smallest absolute Gasteiger partial charge is 0.128 e. The van der Waals surface area contributed by atoms with E-state index in [9.17, 15) is 0 Å². The van der Waals surface area contributed by atoms with Crippen molar-refractivity contribution in [3.8, 4) is 11.5 Å². The van der Waals surface area contributed by atoms with Gasteiger partial charge >= 0.3 is 0 Å². The Kier molecular flexibility index (Phi) is 6.27. The van der Waals surface area contributed by atoms with Gasteiger partial charge in [-0.3, -0.25) is 0 Å². The first kappa shape index (κ1) is 16.5. The van der Waals surface area contributed by atoms with Gasteiger partial charge in [-0.1, -0.05) is 44.8 Å². The van der Waals surface area contributed by atoms with E-state index in [-0.39, 0.29) is 0 Å².